The summed E-state index contributed by atoms with van der Waals surface area (Å²) >= 11 is 0. The molecule has 0 spiro atoms. The summed E-state index contributed by atoms with van der Waals surface area (Å²) in [5.41, 5.74) is -0.412. The zero-order chi connectivity index (χ0) is 14.8. The van der Waals surface area contributed by atoms with Crippen molar-refractivity contribution in [2.24, 2.45) is 0 Å². The Morgan fingerprint density at radius 2 is 1.80 bits per heavy atom. The first kappa shape index (κ1) is 15.6. The highest BCUT2D eigenvalue weighted by Gasteiger charge is 2.45. The van der Waals surface area contributed by atoms with Crippen LogP contribution in [0.25, 0.3) is 0 Å². The van der Waals surface area contributed by atoms with Crippen LogP contribution in [0.5, 0.6) is 0 Å². The Balaban J connectivity index is 1.88. The lowest BCUT2D eigenvalue weighted by Crippen LogP contribution is -2.50. The van der Waals surface area contributed by atoms with Crippen molar-refractivity contribution in [1.82, 2.24) is 4.90 Å². The molecule has 0 saturated carbocycles. The van der Waals surface area contributed by atoms with Crippen molar-refractivity contribution >= 4 is 6.09 Å². The van der Waals surface area contributed by atoms with Crippen molar-refractivity contribution in [3.8, 4) is 0 Å². The zero-order valence-corrected chi connectivity index (χ0v) is 13.4. The summed E-state index contributed by atoms with van der Waals surface area (Å²) in [4.78, 5) is 14.3. The fourth-order valence-electron chi connectivity index (χ4n) is 3.27. The standard InChI is InChI=1S/C16H29NO3/c1-5-6-9-19-14-10-12-7-8-13(11-14)17(12)15(18)20-16(2,3)4/h12-14H,5-11H2,1-4H3/t12-,13+,14+. The predicted octanol–water partition coefficient (Wildman–Crippen LogP) is 3.73. The van der Waals surface area contributed by atoms with E-state index < -0.39 is 5.60 Å². The molecule has 2 aliphatic heterocycles. The van der Waals surface area contributed by atoms with Gasteiger partial charge in [0.1, 0.15) is 5.60 Å². The van der Waals surface area contributed by atoms with Crippen LogP contribution in [0.2, 0.25) is 0 Å². The van der Waals surface area contributed by atoms with Crippen molar-refractivity contribution in [2.75, 3.05) is 6.61 Å². The van der Waals surface area contributed by atoms with Crippen LogP contribution in [0.4, 0.5) is 4.79 Å². The molecule has 2 bridgehead atoms. The van der Waals surface area contributed by atoms with Gasteiger partial charge in [0.25, 0.3) is 0 Å². The van der Waals surface area contributed by atoms with Gasteiger partial charge in [-0.05, 0) is 52.9 Å². The van der Waals surface area contributed by atoms with Crippen molar-refractivity contribution in [2.45, 2.75) is 90.0 Å². The first-order valence-corrected chi connectivity index (χ1v) is 8.03. The molecule has 0 N–H and O–H groups in total. The van der Waals surface area contributed by atoms with E-state index in [-0.39, 0.29) is 6.09 Å². The van der Waals surface area contributed by atoms with Gasteiger partial charge in [-0.1, -0.05) is 13.3 Å². The van der Waals surface area contributed by atoms with Crippen LogP contribution in [0.1, 0.15) is 66.2 Å². The van der Waals surface area contributed by atoms with Gasteiger partial charge in [0.15, 0.2) is 0 Å². The third-order valence-corrected chi connectivity index (χ3v) is 4.15. The summed E-state index contributed by atoms with van der Waals surface area (Å²) < 4.78 is 11.5. The predicted molar refractivity (Wildman–Crippen MR) is 78.8 cm³/mol. The Hall–Kier alpha value is -0.770. The molecule has 2 rings (SSSR count). The number of carbonyl (C=O) groups is 1. The average molecular weight is 283 g/mol. The summed E-state index contributed by atoms with van der Waals surface area (Å²) in [6.45, 7) is 8.81. The largest absolute Gasteiger partial charge is 0.444 e. The van der Waals surface area contributed by atoms with Gasteiger partial charge < -0.3 is 14.4 Å². The Bertz CT molecular complexity index is 323. The van der Waals surface area contributed by atoms with E-state index in [4.69, 9.17) is 9.47 Å². The number of fused-ring (bicyclic) bond motifs is 2. The van der Waals surface area contributed by atoms with Gasteiger partial charge in [-0.3, -0.25) is 0 Å². The molecule has 0 aliphatic carbocycles. The normalized spacial score (nSPS) is 29.6. The first-order chi connectivity index (χ1) is 9.40. The number of piperidine rings is 1. The van der Waals surface area contributed by atoms with Gasteiger partial charge in [-0.15, -0.1) is 0 Å². The molecule has 20 heavy (non-hydrogen) atoms. The third-order valence-electron chi connectivity index (χ3n) is 4.15. The molecule has 4 nitrogen and oxygen atoms in total. The summed E-state index contributed by atoms with van der Waals surface area (Å²) in [7, 11) is 0. The second kappa shape index (κ2) is 6.33. The molecule has 2 fully saturated rings. The van der Waals surface area contributed by atoms with Crippen molar-refractivity contribution in [1.29, 1.82) is 0 Å². The Morgan fingerprint density at radius 1 is 1.20 bits per heavy atom. The van der Waals surface area contributed by atoms with Crippen LogP contribution in [-0.4, -0.2) is 41.4 Å². The van der Waals surface area contributed by atoms with E-state index in [9.17, 15) is 4.79 Å². The number of amides is 1. The van der Waals surface area contributed by atoms with Crippen LogP contribution in [-0.2, 0) is 9.47 Å². The third kappa shape index (κ3) is 3.87. The molecular weight excluding hydrogens is 254 g/mol. The minimum absolute atomic E-state index is 0.142. The zero-order valence-electron chi connectivity index (χ0n) is 13.4. The van der Waals surface area contributed by atoms with Crippen molar-refractivity contribution in [3.05, 3.63) is 0 Å². The van der Waals surface area contributed by atoms with Gasteiger partial charge in [0.2, 0.25) is 0 Å². The number of ether oxygens (including phenoxy) is 2. The van der Waals surface area contributed by atoms with E-state index in [1.165, 1.54) is 6.42 Å². The molecule has 0 aromatic heterocycles. The smallest absolute Gasteiger partial charge is 0.410 e. The molecule has 4 heteroatoms. The molecular formula is C16H29NO3. The van der Waals surface area contributed by atoms with Crippen LogP contribution in [0.3, 0.4) is 0 Å². The molecule has 0 aromatic rings. The number of rotatable bonds is 4. The summed E-state index contributed by atoms with van der Waals surface area (Å²) in [6, 6.07) is 0.630. The minimum Gasteiger partial charge on any atom is -0.444 e. The van der Waals surface area contributed by atoms with Gasteiger partial charge >= 0.3 is 6.09 Å². The lowest BCUT2D eigenvalue weighted by molar-refractivity contribution is -0.0348. The highest BCUT2D eigenvalue weighted by atomic mass is 16.6. The number of hydrogen-bond donors (Lipinski definition) is 0. The highest BCUT2D eigenvalue weighted by molar-refractivity contribution is 5.69. The van der Waals surface area contributed by atoms with E-state index >= 15 is 0 Å². The molecule has 2 heterocycles. The quantitative estimate of drug-likeness (QED) is 0.738. The average Bonchev–Trinajstić information content (AvgIpc) is 2.60. The van der Waals surface area contributed by atoms with Gasteiger partial charge in [-0.25, -0.2) is 4.79 Å². The molecule has 1 amide bonds. The maximum atomic E-state index is 12.3. The maximum absolute atomic E-state index is 12.3. The summed E-state index contributed by atoms with van der Waals surface area (Å²) in [5.74, 6) is 0. The topological polar surface area (TPSA) is 38.8 Å². The molecule has 116 valence electrons. The summed E-state index contributed by atoms with van der Waals surface area (Å²) in [6.07, 6.45) is 6.62. The summed E-state index contributed by atoms with van der Waals surface area (Å²) in [5, 5.41) is 0. The molecule has 0 unspecified atom stereocenters. The second-order valence-corrected chi connectivity index (χ2v) is 7.09. The monoisotopic (exact) mass is 283 g/mol. The first-order valence-electron chi connectivity index (χ1n) is 8.03. The number of nitrogens with zero attached hydrogens (tertiary/aromatic N) is 1. The van der Waals surface area contributed by atoms with E-state index in [1.807, 2.05) is 25.7 Å². The minimum atomic E-state index is -0.412. The maximum Gasteiger partial charge on any atom is 0.410 e. The van der Waals surface area contributed by atoms with Crippen molar-refractivity contribution < 1.29 is 14.3 Å². The molecule has 0 aromatic carbocycles. The number of unbranched alkanes of at least 4 members (excludes halogenated alkanes) is 1. The lowest BCUT2D eigenvalue weighted by Gasteiger charge is -2.39. The van der Waals surface area contributed by atoms with E-state index in [2.05, 4.69) is 6.92 Å². The van der Waals surface area contributed by atoms with Crippen LogP contribution < -0.4 is 0 Å². The van der Waals surface area contributed by atoms with Crippen LogP contribution in [0.15, 0.2) is 0 Å². The molecule has 0 radical (unpaired) electrons. The number of hydrogen-bond acceptors (Lipinski definition) is 3. The van der Waals surface area contributed by atoms with Gasteiger partial charge in [0, 0.05) is 18.7 Å². The number of carbonyl (C=O) groups excluding carboxylic acids is 1. The Kier molecular flexibility index (Phi) is 4.95. The van der Waals surface area contributed by atoms with Crippen LogP contribution in [0, 0.1) is 0 Å². The fraction of sp³-hybridized carbons (Fsp3) is 0.938. The fourth-order valence-corrected chi connectivity index (χ4v) is 3.27. The lowest BCUT2D eigenvalue weighted by atomic mass is 10.00. The molecule has 3 atom stereocenters. The van der Waals surface area contributed by atoms with E-state index in [0.717, 1.165) is 38.7 Å². The molecule has 2 aliphatic rings. The SMILES string of the molecule is CCCCO[C@H]1C[C@H]2CC[C@@H](C1)N2C(=O)OC(C)(C)C. The molecule has 2 saturated heterocycles. The van der Waals surface area contributed by atoms with E-state index in [0.29, 0.717) is 18.2 Å². The van der Waals surface area contributed by atoms with Gasteiger partial charge in [-0.2, -0.15) is 0 Å². The van der Waals surface area contributed by atoms with E-state index in [1.54, 1.807) is 0 Å². The van der Waals surface area contributed by atoms with Crippen LogP contribution >= 0.6 is 0 Å². The Labute approximate surface area is 122 Å². The Morgan fingerprint density at radius 3 is 2.30 bits per heavy atom. The van der Waals surface area contributed by atoms with Gasteiger partial charge in [0.05, 0.1) is 6.10 Å². The second-order valence-electron chi connectivity index (χ2n) is 7.09. The van der Waals surface area contributed by atoms with Crippen molar-refractivity contribution in [3.63, 3.8) is 0 Å². The highest BCUT2D eigenvalue weighted by Crippen LogP contribution is 2.37.